The van der Waals surface area contributed by atoms with Crippen molar-refractivity contribution in [1.29, 1.82) is 0 Å². The smallest absolute Gasteiger partial charge is 0.0620 e. The maximum absolute atomic E-state index is 4.49. The number of anilines is 1. The fraction of sp³-hybridized carbons (Fsp3) is 0.0968. The molecule has 0 saturated heterocycles. The lowest BCUT2D eigenvalue weighted by molar-refractivity contribution is 0.987. The minimum absolute atomic E-state index is 0.808. The van der Waals surface area contributed by atoms with Crippen molar-refractivity contribution in [2.24, 2.45) is 0 Å². The van der Waals surface area contributed by atoms with Crippen LogP contribution in [0.25, 0.3) is 45.4 Å². The Morgan fingerprint density at radius 3 is 2.42 bits per heavy atom. The van der Waals surface area contributed by atoms with Crippen LogP contribution in [0.3, 0.4) is 0 Å². The molecule has 33 heavy (non-hydrogen) atoms. The van der Waals surface area contributed by atoms with Gasteiger partial charge in [-0.25, -0.2) is 0 Å². The number of rotatable bonds is 6. The van der Waals surface area contributed by atoms with Gasteiger partial charge in [0.05, 0.1) is 16.4 Å². The normalized spacial score (nSPS) is 12.8. The van der Waals surface area contributed by atoms with Crippen LogP contribution in [0.1, 0.15) is 19.4 Å². The highest BCUT2D eigenvalue weighted by Gasteiger charge is 2.16. The van der Waals surface area contributed by atoms with Gasteiger partial charge in [0.25, 0.3) is 0 Å². The van der Waals surface area contributed by atoms with Crippen LogP contribution >= 0.6 is 0 Å². The van der Waals surface area contributed by atoms with Crippen LogP contribution in [0.5, 0.6) is 0 Å². The summed E-state index contributed by atoms with van der Waals surface area (Å²) < 4.78 is 2.34. The quantitative estimate of drug-likeness (QED) is 0.280. The third-order valence-corrected chi connectivity index (χ3v) is 6.52. The second-order valence-corrected chi connectivity index (χ2v) is 8.40. The molecule has 2 heteroatoms. The van der Waals surface area contributed by atoms with Crippen LogP contribution in [0.15, 0.2) is 97.7 Å². The van der Waals surface area contributed by atoms with Crippen molar-refractivity contribution in [2.45, 2.75) is 13.8 Å². The Balaban J connectivity index is 1.75. The van der Waals surface area contributed by atoms with Gasteiger partial charge in [-0.1, -0.05) is 86.5 Å². The summed E-state index contributed by atoms with van der Waals surface area (Å²) >= 11 is 0. The Hall–Kier alpha value is -4.04. The first-order valence-electron chi connectivity index (χ1n) is 11.4. The van der Waals surface area contributed by atoms with Gasteiger partial charge in [-0.3, -0.25) is 0 Å². The molecule has 0 N–H and O–H groups in total. The maximum Gasteiger partial charge on any atom is 0.0620 e. The molecule has 0 aliphatic rings. The first-order valence-corrected chi connectivity index (χ1v) is 11.4. The first kappa shape index (κ1) is 20.8. The molecule has 0 radical (unpaired) electrons. The average Bonchev–Trinajstić information content (AvgIpc) is 3.31. The van der Waals surface area contributed by atoms with Gasteiger partial charge in [0.1, 0.15) is 0 Å². The lowest BCUT2D eigenvalue weighted by Crippen LogP contribution is -2.28. The van der Waals surface area contributed by atoms with Gasteiger partial charge in [0, 0.05) is 44.9 Å². The number of allylic oxidation sites excluding steroid dienone is 4. The highest BCUT2D eigenvalue weighted by atomic mass is 15.1. The van der Waals surface area contributed by atoms with E-state index >= 15 is 0 Å². The van der Waals surface area contributed by atoms with Crippen LogP contribution in [0, 0.1) is 0 Å². The van der Waals surface area contributed by atoms with Crippen LogP contribution in [-0.4, -0.2) is 10.9 Å². The molecule has 5 aromatic rings. The molecule has 0 spiro atoms. The molecule has 2 heterocycles. The summed E-state index contributed by atoms with van der Waals surface area (Å²) in [5.41, 5.74) is 6.87. The summed E-state index contributed by atoms with van der Waals surface area (Å²) in [5, 5.41) is 5.84. The number of hydrogen-bond donors (Lipinski definition) is 0. The molecular formula is C31H28N2. The van der Waals surface area contributed by atoms with Gasteiger partial charge in [0.15, 0.2) is 0 Å². The number of para-hydroxylation sites is 3. The fourth-order valence-corrected chi connectivity index (χ4v) is 5.01. The topological polar surface area (TPSA) is 7.65 Å². The van der Waals surface area contributed by atoms with Gasteiger partial charge in [-0.15, -0.1) is 0 Å². The van der Waals surface area contributed by atoms with E-state index in [2.05, 4.69) is 116 Å². The Morgan fingerprint density at radius 2 is 1.64 bits per heavy atom. The van der Waals surface area contributed by atoms with Gasteiger partial charge < -0.3 is 9.30 Å². The fourth-order valence-electron chi connectivity index (χ4n) is 5.01. The molecule has 0 bridgehead atoms. The molecule has 0 amide bonds. The van der Waals surface area contributed by atoms with Gasteiger partial charge in [-0.2, -0.15) is 0 Å². The number of benzene rings is 3. The minimum Gasteiger partial charge on any atom is -0.342 e. The van der Waals surface area contributed by atoms with E-state index in [4.69, 9.17) is 0 Å². The van der Waals surface area contributed by atoms with E-state index in [-0.39, 0.29) is 0 Å². The molecule has 2 aromatic heterocycles. The third-order valence-electron chi connectivity index (χ3n) is 6.52. The van der Waals surface area contributed by atoms with E-state index in [0.717, 1.165) is 28.5 Å². The van der Waals surface area contributed by atoms with Crippen LogP contribution in [0.4, 0.5) is 5.69 Å². The standard InChI is InChI=1S/C31H28N2/c1-6-13-21(3)24-14-8-10-18-28(24)32(7-2)22(4)20-30-23(5)25-16-12-17-27-26-15-9-11-19-29(26)33(30)31(25)27/h6,8-20H,1,4-5,7H2,2-3H3/b21-13+,30-20+. The molecule has 0 saturated carbocycles. The first-order chi connectivity index (χ1) is 16.1. The summed E-state index contributed by atoms with van der Waals surface area (Å²) in [7, 11) is 0. The number of fused-ring (bicyclic) bond motifs is 3. The zero-order chi connectivity index (χ0) is 23.1. The Bertz CT molecular complexity index is 1660. The van der Waals surface area contributed by atoms with Crippen molar-refractivity contribution in [1.82, 2.24) is 4.40 Å². The number of nitrogens with zero attached hydrogens (tertiary/aromatic N) is 2. The van der Waals surface area contributed by atoms with E-state index in [1.807, 2.05) is 12.2 Å². The van der Waals surface area contributed by atoms with Crippen molar-refractivity contribution in [3.63, 3.8) is 0 Å². The second kappa shape index (κ2) is 8.14. The van der Waals surface area contributed by atoms with Crippen LogP contribution in [0.2, 0.25) is 0 Å². The summed E-state index contributed by atoms with van der Waals surface area (Å²) in [6, 6.07) is 23.5. The van der Waals surface area contributed by atoms with Crippen molar-refractivity contribution < 1.29 is 0 Å². The van der Waals surface area contributed by atoms with Crippen molar-refractivity contribution in [3.8, 4) is 0 Å². The number of hydrogen-bond acceptors (Lipinski definition) is 1. The van der Waals surface area contributed by atoms with E-state index in [9.17, 15) is 0 Å². The van der Waals surface area contributed by atoms with E-state index in [0.29, 0.717) is 0 Å². The van der Waals surface area contributed by atoms with Crippen molar-refractivity contribution in [2.75, 3.05) is 11.4 Å². The zero-order valence-corrected chi connectivity index (χ0v) is 19.3. The van der Waals surface area contributed by atoms with Crippen molar-refractivity contribution >= 4 is 51.1 Å². The summed E-state index contributed by atoms with van der Waals surface area (Å²) in [6.45, 7) is 17.9. The average molecular weight is 429 g/mol. The van der Waals surface area contributed by atoms with E-state index in [1.165, 1.54) is 38.3 Å². The third kappa shape index (κ3) is 3.18. The van der Waals surface area contributed by atoms with Crippen molar-refractivity contribution in [3.05, 3.63) is 114 Å². The molecule has 0 unspecified atom stereocenters. The van der Waals surface area contributed by atoms with Gasteiger partial charge in [0.2, 0.25) is 0 Å². The Kier molecular flexibility index (Phi) is 5.14. The lowest BCUT2D eigenvalue weighted by atomic mass is 10.0. The molecule has 162 valence electrons. The second-order valence-electron chi connectivity index (χ2n) is 8.40. The molecule has 2 nitrogen and oxygen atoms in total. The van der Waals surface area contributed by atoms with E-state index in [1.54, 1.807) is 0 Å². The predicted octanol–water partition coefficient (Wildman–Crippen LogP) is 6.50. The van der Waals surface area contributed by atoms with E-state index < -0.39 is 0 Å². The summed E-state index contributed by atoms with van der Waals surface area (Å²) in [5.74, 6) is 0. The molecule has 0 atom stereocenters. The van der Waals surface area contributed by atoms with Gasteiger partial charge in [-0.05, 0) is 37.6 Å². The zero-order valence-electron chi connectivity index (χ0n) is 19.3. The maximum atomic E-state index is 4.49. The molecule has 0 aliphatic carbocycles. The Labute approximate surface area is 194 Å². The molecule has 0 aliphatic heterocycles. The number of aromatic nitrogens is 1. The SMILES string of the molecule is C=C/C=C(\C)c1ccccc1N(CC)C(=C)/C=c1\c(=C)c2cccc3c4ccccc4n1c23. The monoisotopic (exact) mass is 428 g/mol. The van der Waals surface area contributed by atoms with Crippen LogP contribution < -0.4 is 15.5 Å². The summed E-state index contributed by atoms with van der Waals surface area (Å²) in [6.07, 6.45) is 6.06. The molecule has 0 fully saturated rings. The Morgan fingerprint density at radius 1 is 0.939 bits per heavy atom. The highest BCUT2D eigenvalue weighted by molar-refractivity contribution is 6.14. The summed E-state index contributed by atoms with van der Waals surface area (Å²) in [4.78, 5) is 2.27. The molecule has 5 rings (SSSR count). The highest BCUT2D eigenvalue weighted by Crippen LogP contribution is 2.31. The molecular weight excluding hydrogens is 400 g/mol. The lowest BCUT2D eigenvalue weighted by Gasteiger charge is -2.26. The minimum atomic E-state index is 0.808. The van der Waals surface area contributed by atoms with Crippen LogP contribution in [-0.2, 0) is 0 Å². The largest absolute Gasteiger partial charge is 0.342 e. The molecule has 3 aromatic carbocycles. The predicted molar refractivity (Wildman–Crippen MR) is 145 cm³/mol. The van der Waals surface area contributed by atoms with Gasteiger partial charge >= 0.3 is 0 Å².